The van der Waals surface area contributed by atoms with E-state index >= 15 is 0 Å². The summed E-state index contributed by atoms with van der Waals surface area (Å²) in [5.41, 5.74) is 0. The van der Waals surface area contributed by atoms with Gasteiger partial charge in [0.2, 0.25) is 10.0 Å². The molecular formula is C12H23NO4S. The van der Waals surface area contributed by atoms with Gasteiger partial charge in [-0.15, -0.1) is 0 Å². The van der Waals surface area contributed by atoms with Crippen LogP contribution in [0.2, 0.25) is 0 Å². The first-order valence-corrected chi connectivity index (χ1v) is 8.11. The molecule has 0 saturated heterocycles. The molecule has 0 aromatic rings. The van der Waals surface area contributed by atoms with Crippen LogP contribution < -0.4 is 0 Å². The molecule has 1 aliphatic rings. The van der Waals surface area contributed by atoms with Gasteiger partial charge in [-0.2, -0.15) is 0 Å². The van der Waals surface area contributed by atoms with Gasteiger partial charge in [0.25, 0.3) is 0 Å². The normalized spacial score (nSPS) is 25.3. The lowest BCUT2D eigenvalue weighted by molar-refractivity contribution is -0.137. The molecule has 1 saturated carbocycles. The minimum Gasteiger partial charge on any atom is -0.481 e. The molecule has 6 heteroatoms. The molecule has 0 bridgehead atoms. The molecule has 1 aliphatic carbocycles. The maximum absolute atomic E-state index is 12.1. The molecule has 2 unspecified atom stereocenters. The summed E-state index contributed by atoms with van der Waals surface area (Å²) in [6.45, 7) is 2.15. The number of nitrogens with zero attached hydrogens (tertiary/aromatic N) is 1. The lowest BCUT2D eigenvalue weighted by Crippen LogP contribution is -2.41. The molecule has 1 rings (SSSR count). The van der Waals surface area contributed by atoms with Crippen LogP contribution in [0.25, 0.3) is 0 Å². The number of sulfonamides is 1. The maximum atomic E-state index is 12.1. The zero-order chi connectivity index (χ0) is 13.8. The Balaban J connectivity index is 2.52. The van der Waals surface area contributed by atoms with Crippen molar-refractivity contribution >= 4 is 16.0 Å². The van der Waals surface area contributed by atoms with E-state index in [1.54, 1.807) is 7.05 Å². The molecular weight excluding hydrogens is 254 g/mol. The van der Waals surface area contributed by atoms with E-state index in [1.165, 1.54) is 10.7 Å². The van der Waals surface area contributed by atoms with Gasteiger partial charge in [0.1, 0.15) is 0 Å². The minimum atomic E-state index is -3.31. The predicted molar refractivity (Wildman–Crippen MR) is 69.8 cm³/mol. The highest BCUT2D eigenvalue weighted by atomic mass is 32.2. The first kappa shape index (κ1) is 15.4. The van der Waals surface area contributed by atoms with Crippen molar-refractivity contribution in [2.45, 2.75) is 51.5 Å². The van der Waals surface area contributed by atoms with Crippen LogP contribution in [-0.4, -0.2) is 42.6 Å². The summed E-state index contributed by atoms with van der Waals surface area (Å²) in [5, 5.41) is 8.52. The number of hydrogen-bond donors (Lipinski definition) is 1. The number of aliphatic carboxylic acids is 1. The summed E-state index contributed by atoms with van der Waals surface area (Å²) in [4.78, 5) is 10.4. The van der Waals surface area contributed by atoms with E-state index in [-0.39, 0.29) is 24.6 Å². The van der Waals surface area contributed by atoms with E-state index in [0.717, 1.165) is 19.3 Å². The molecule has 0 spiro atoms. The summed E-state index contributed by atoms with van der Waals surface area (Å²) in [6, 6.07) is 0.0866. The number of carbonyl (C=O) groups is 1. The largest absolute Gasteiger partial charge is 0.481 e. The topological polar surface area (TPSA) is 74.7 Å². The highest BCUT2D eigenvalue weighted by Crippen LogP contribution is 2.28. The van der Waals surface area contributed by atoms with Crippen molar-refractivity contribution in [1.29, 1.82) is 0 Å². The van der Waals surface area contributed by atoms with Crippen LogP contribution in [0.5, 0.6) is 0 Å². The average molecular weight is 277 g/mol. The van der Waals surface area contributed by atoms with Crippen molar-refractivity contribution in [3.05, 3.63) is 0 Å². The Kier molecular flexibility index (Phi) is 5.59. The van der Waals surface area contributed by atoms with Gasteiger partial charge in [0.05, 0.1) is 5.75 Å². The highest BCUT2D eigenvalue weighted by Gasteiger charge is 2.29. The van der Waals surface area contributed by atoms with Crippen molar-refractivity contribution in [2.75, 3.05) is 12.8 Å². The van der Waals surface area contributed by atoms with Gasteiger partial charge in [-0.1, -0.05) is 19.8 Å². The van der Waals surface area contributed by atoms with Crippen LogP contribution in [0.1, 0.15) is 45.4 Å². The minimum absolute atomic E-state index is 0.0688. The van der Waals surface area contributed by atoms with Gasteiger partial charge in [-0.05, 0) is 25.2 Å². The van der Waals surface area contributed by atoms with E-state index in [0.29, 0.717) is 5.92 Å². The molecule has 0 aliphatic heterocycles. The van der Waals surface area contributed by atoms with Crippen LogP contribution >= 0.6 is 0 Å². The first-order valence-electron chi connectivity index (χ1n) is 6.50. The summed E-state index contributed by atoms with van der Waals surface area (Å²) in [6.07, 6.45) is 4.16. The Labute approximate surface area is 109 Å². The lowest BCUT2D eigenvalue weighted by Gasteiger charge is -2.33. The zero-order valence-corrected chi connectivity index (χ0v) is 11.9. The highest BCUT2D eigenvalue weighted by molar-refractivity contribution is 7.89. The molecule has 0 amide bonds. The predicted octanol–water partition coefficient (Wildman–Crippen LogP) is 1.69. The van der Waals surface area contributed by atoms with Crippen molar-refractivity contribution < 1.29 is 18.3 Å². The summed E-state index contributed by atoms with van der Waals surface area (Å²) >= 11 is 0. The van der Waals surface area contributed by atoms with Gasteiger partial charge in [0.15, 0.2) is 0 Å². The average Bonchev–Trinajstić information content (AvgIpc) is 2.27. The maximum Gasteiger partial charge on any atom is 0.303 e. The third-order valence-corrected chi connectivity index (χ3v) is 5.63. The van der Waals surface area contributed by atoms with Crippen molar-refractivity contribution in [1.82, 2.24) is 4.31 Å². The quantitative estimate of drug-likeness (QED) is 0.801. The molecule has 2 atom stereocenters. The van der Waals surface area contributed by atoms with Crippen LogP contribution in [-0.2, 0) is 14.8 Å². The Hall–Kier alpha value is -0.620. The summed E-state index contributed by atoms with van der Waals surface area (Å²) in [5.74, 6) is -0.444. The SMILES string of the molecule is CC1CCCC(N(C)S(=O)(=O)CCCC(=O)O)C1. The molecule has 0 heterocycles. The second kappa shape index (κ2) is 6.52. The number of carboxylic acid groups (broad SMARTS) is 1. The molecule has 106 valence electrons. The van der Waals surface area contributed by atoms with Gasteiger partial charge in [-0.3, -0.25) is 4.79 Å². The van der Waals surface area contributed by atoms with Crippen molar-refractivity contribution in [2.24, 2.45) is 5.92 Å². The molecule has 1 fully saturated rings. The summed E-state index contributed by atoms with van der Waals surface area (Å²) in [7, 11) is -1.69. The third kappa shape index (κ3) is 4.57. The smallest absolute Gasteiger partial charge is 0.303 e. The van der Waals surface area contributed by atoms with E-state index < -0.39 is 16.0 Å². The van der Waals surface area contributed by atoms with Crippen LogP contribution in [0.4, 0.5) is 0 Å². The van der Waals surface area contributed by atoms with Crippen molar-refractivity contribution in [3.63, 3.8) is 0 Å². The van der Waals surface area contributed by atoms with Gasteiger partial charge >= 0.3 is 5.97 Å². The second-order valence-corrected chi connectivity index (χ2v) is 7.40. The Morgan fingerprint density at radius 3 is 2.61 bits per heavy atom. The molecule has 18 heavy (non-hydrogen) atoms. The van der Waals surface area contributed by atoms with Crippen molar-refractivity contribution in [3.8, 4) is 0 Å². The Bertz CT molecular complexity index is 380. The Morgan fingerprint density at radius 2 is 2.06 bits per heavy atom. The second-order valence-electron chi connectivity index (χ2n) is 5.26. The van der Waals surface area contributed by atoms with Gasteiger partial charge < -0.3 is 5.11 Å². The zero-order valence-electron chi connectivity index (χ0n) is 11.1. The van der Waals surface area contributed by atoms with Crippen LogP contribution in [0.15, 0.2) is 0 Å². The molecule has 5 nitrogen and oxygen atoms in total. The van der Waals surface area contributed by atoms with E-state index in [1.807, 2.05) is 0 Å². The summed E-state index contributed by atoms with van der Waals surface area (Å²) < 4.78 is 25.6. The fourth-order valence-electron chi connectivity index (χ4n) is 2.51. The molecule has 0 aromatic carbocycles. The van der Waals surface area contributed by atoms with E-state index in [4.69, 9.17) is 5.11 Å². The fourth-order valence-corrected chi connectivity index (χ4v) is 3.95. The number of hydrogen-bond acceptors (Lipinski definition) is 3. The standard InChI is InChI=1S/C12H23NO4S/c1-10-5-3-6-11(9-10)13(2)18(16,17)8-4-7-12(14)15/h10-11H,3-9H2,1-2H3,(H,14,15). The third-order valence-electron chi connectivity index (χ3n) is 3.65. The van der Waals surface area contributed by atoms with E-state index in [2.05, 4.69) is 6.92 Å². The number of carboxylic acids is 1. The first-order chi connectivity index (χ1) is 8.33. The number of rotatable bonds is 6. The van der Waals surface area contributed by atoms with Crippen LogP contribution in [0, 0.1) is 5.92 Å². The fraction of sp³-hybridized carbons (Fsp3) is 0.917. The Morgan fingerprint density at radius 1 is 1.39 bits per heavy atom. The van der Waals surface area contributed by atoms with Gasteiger partial charge in [-0.25, -0.2) is 12.7 Å². The van der Waals surface area contributed by atoms with Gasteiger partial charge in [0, 0.05) is 19.5 Å². The molecule has 0 aromatic heterocycles. The lowest BCUT2D eigenvalue weighted by atomic mass is 9.87. The molecule has 1 N–H and O–H groups in total. The molecule has 0 radical (unpaired) electrons. The monoisotopic (exact) mass is 277 g/mol. The van der Waals surface area contributed by atoms with E-state index in [9.17, 15) is 13.2 Å². The van der Waals surface area contributed by atoms with Crippen LogP contribution in [0.3, 0.4) is 0 Å².